The lowest BCUT2D eigenvalue weighted by molar-refractivity contribution is -0.176. The van der Waals surface area contributed by atoms with Gasteiger partial charge in [-0.2, -0.15) is 13.2 Å². The van der Waals surface area contributed by atoms with E-state index < -0.39 is 24.2 Å². The van der Waals surface area contributed by atoms with Gasteiger partial charge in [0.2, 0.25) is 0 Å². The van der Waals surface area contributed by atoms with Crippen LogP contribution < -0.4 is 5.73 Å². The van der Waals surface area contributed by atoms with Gasteiger partial charge in [-0.05, 0) is 18.8 Å². The summed E-state index contributed by atoms with van der Waals surface area (Å²) in [6.07, 6.45) is -2.00. The van der Waals surface area contributed by atoms with Gasteiger partial charge in [-0.1, -0.05) is 12.8 Å². The summed E-state index contributed by atoms with van der Waals surface area (Å²) >= 11 is 0. The lowest BCUT2D eigenvalue weighted by Crippen LogP contribution is -2.40. The summed E-state index contributed by atoms with van der Waals surface area (Å²) in [6, 6.07) is 0. The third kappa shape index (κ3) is 4.81. The molecule has 0 amide bonds. The molecule has 1 atom stereocenters. The number of hydrogen-bond donors (Lipinski definition) is 2. The van der Waals surface area contributed by atoms with Crippen LogP contribution in [0.5, 0.6) is 0 Å². The molecule has 1 aliphatic carbocycles. The van der Waals surface area contributed by atoms with Gasteiger partial charge in [0.15, 0.2) is 0 Å². The fourth-order valence-corrected chi connectivity index (χ4v) is 1.90. The fraction of sp³-hybridized carbons (Fsp3) is 0.909. The van der Waals surface area contributed by atoms with E-state index in [1.54, 1.807) is 0 Å². The molecule has 3 N–H and O–H groups in total. The minimum Gasteiger partial charge on any atom is -0.481 e. The van der Waals surface area contributed by atoms with E-state index >= 15 is 0 Å². The Morgan fingerprint density at radius 3 is 2.39 bits per heavy atom. The zero-order valence-corrected chi connectivity index (χ0v) is 10.0. The van der Waals surface area contributed by atoms with Crippen LogP contribution >= 0.6 is 0 Å². The summed E-state index contributed by atoms with van der Waals surface area (Å²) in [7, 11) is 0. The second-order valence-corrected chi connectivity index (χ2v) is 4.85. The summed E-state index contributed by atoms with van der Waals surface area (Å²) in [6.45, 7) is -1.67. The van der Waals surface area contributed by atoms with Gasteiger partial charge in [0.25, 0.3) is 0 Å². The molecule has 0 aromatic carbocycles. The Balaban J connectivity index is 2.42. The van der Waals surface area contributed by atoms with Crippen LogP contribution in [-0.4, -0.2) is 37.0 Å². The molecule has 0 spiro atoms. The molecule has 1 saturated carbocycles. The minimum atomic E-state index is -4.38. The maximum absolute atomic E-state index is 11.9. The van der Waals surface area contributed by atoms with Crippen molar-refractivity contribution in [3.63, 3.8) is 0 Å². The van der Waals surface area contributed by atoms with Crippen LogP contribution in [0.3, 0.4) is 0 Å². The van der Waals surface area contributed by atoms with Crippen molar-refractivity contribution in [2.45, 2.75) is 31.9 Å². The molecule has 0 saturated heterocycles. The molecule has 0 aromatic rings. The predicted molar refractivity (Wildman–Crippen MR) is 58.0 cm³/mol. The maximum Gasteiger partial charge on any atom is 0.411 e. The monoisotopic (exact) mass is 269 g/mol. The third-order valence-corrected chi connectivity index (χ3v) is 3.21. The zero-order chi connectivity index (χ0) is 13.8. The fourth-order valence-electron chi connectivity index (χ4n) is 1.90. The number of ether oxygens (including phenoxy) is 1. The normalized spacial score (nSPS) is 19.6. The van der Waals surface area contributed by atoms with E-state index in [9.17, 15) is 23.1 Å². The maximum atomic E-state index is 11.9. The highest BCUT2D eigenvalue weighted by Crippen LogP contribution is 2.42. The topological polar surface area (TPSA) is 72.5 Å². The van der Waals surface area contributed by atoms with Crippen molar-refractivity contribution >= 4 is 5.97 Å². The first-order valence-electron chi connectivity index (χ1n) is 5.87. The van der Waals surface area contributed by atoms with Crippen molar-refractivity contribution in [2.75, 3.05) is 19.8 Å². The Morgan fingerprint density at radius 2 is 2.00 bits per heavy atom. The highest BCUT2D eigenvalue weighted by molar-refractivity contribution is 5.75. The van der Waals surface area contributed by atoms with Crippen LogP contribution in [0.2, 0.25) is 0 Å². The lowest BCUT2D eigenvalue weighted by atomic mass is 9.79. The van der Waals surface area contributed by atoms with E-state index in [0.29, 0.717) is 12.3 Å². The Labute approximate surface area is 103 Å². The van der Waals surface area contributed by atoms with Gasteiger partial charge in [0.05, 0.1) is 5.41 Å². The molecule has 4 nitrogen and oxygen atoms in total. The number of rotatable bonds is 8. The number of halogens is 3. The molecule has 18 heavy (non-hydrogen) atoms. The number of carboxylic acid groups (broad SMARTS) is 1. The molecule has 7 heteroatoms. The quantitative estimate of drug-likeness (QED) is 0.659. The van der Waals surface area contributed by atoms with Crippen LogP contribution in [0.25, 0.3) is 0 Å². The average Bonchev–Trinajstić information content (AvgIpc) is 3.04. The van der Waals surface area contributed by atoms with Crippen LogP contribution in [0.1, 0.15) is 25.7 Å². The van der Waals surface area contributed by atoms with Gasteiger partial charge in [-0.3, -0.25) is 4.79 Å². The highest BCUT2D eigenvalue weighted by atomic mass is 19.4. The summed E-state index contributed by atoms with van der Waals surface area (Å²) < 4.78 is 40.1. The van der Waals surface area contributed by atoms with Gasteiger partial charge in [0.1, 0.15) is 6.61 Å². The Kier molecular flexibility index (Phi) is 4.98. The molecule has 0 aromatic heterocycles. The largest absolute Gasteiger partial charge is 0.481 e. The third-order valence-electron chi connectivity index (χ3n) is 3.21. The smallest absolute Gasteiger partial charge is 0.411 e. The summed E-state index contributed by atoms with van der Waals surface area (Å²) in [5, 5.41) is 9.20. The van der Waals surface area contributed by atoms with Crippen molar-refractivity contribution in [1.29, 1.82) is 0 Å². The van der Waals surface area contributed by atoms with Crippen molar-refractivity contribution in [3.05, 3.63) is 0 Å². The van der Waals surface area contributed by atoms with Gasteiger partial charge >= 0.3 is 12.1 Å². The van der Waals surface area contributed by atoms with E-state index in [2.05, 4.69) is 4.74 Å². The first-order chi connectivity index (χ1) is 8.29. The van der Waals surface area contributed by atoms with Gasteiger partial charge in [-0.15, -0.1) is 0 Å². The number of hydrogen-bond acceptors (Lipinski definition) is 3. The Bertz CT molecular complexity index is 292. The van der Waals surface area contributed by atoms with Gasteiger partial charge < -0.3 is 15.6 Å². The molecule has 0 aliphatic heterocycles. The standard InChI is InChI=1S/C11H18F3NO3/c12-11(13,14)7-18-4-3-10(6-15,9(16)17)5-8-1-2-8/h8H,1-7,15H2,(H,16,17). The van der Waals surface area contributed by atoms with Crippen molar-refractivity contribution in [2.24, 2.45) is 17.1 Å². The second-order valence-electron chi connectivity index (χ2n) is 4.85. The molecular formula is C11H18F3NO3. The van der Waals surface area contributed by atoms with Crippen LogP contribution in [0.15, 0.2) is 0 Å². The molecule has 0 heterocycles. The predicted octanol–water partition coefficient (Wildman–Crippen LogP) is 1.79. The number of nitrogens with two attached hydrogens (primary N) is 1. The molecule has 0 radical (unpaired) electrons. The van der Waals surface area contributed by atoms with Crippen molar-refractivity contribution in [3.8, 4) is 0 Å². The van der Waals surface area contributed by atoms with Crippen LogP contribution in [-0.2, 0) is 9.53 Å². The number of alkyl halides is 3. The SMILES string of the molecule is NCC(CCOCC(F)(F)F)(CC1CC1)C(=O)O. The first-order valence-corrected chi connectivity index (χ1v) is 5.87. The lowest BCUT2D eigenvalue weighted by Gasteiger charge is -2.27. The van der Waals surface area contributed by atoms with E-state index in [1.807, 2.05) is 0 Å². The van der Waals surface area contributed by atoms with E-state index in [1.165, 1.54) is 0 Å². The Hall–Kier alpha value is -0.820. The van der Waals surface area contributed by atoms with E-state index in [4.69, 9.17) is 5.73 Å². The summed E-state index contributed by atoms with van der Waals surface area (Å²) in [5.74, 6) is -0.709. The number of aliphatic carboxylic acids is 1. The average molecular weight is 269 g/mol. The molecule has 1 aliphatic rings. The summed E-state index contributed by atoms with van der Waals surface area (Å²) in [5.41, 5.74) is 4.35. The van der Waals surface area contributed by atoms with Gasteiger partial charge in [-0.25, -0.2) is 0 Å². The molecule has 1 fully saturated rings. The van der Waals surface area contributed by atoms with E-state index in [-0.39, 0.29) is 19.6 Å². The van der Waals surface area contributed by atoms with Crippen LogP contribution in [0.4, 0.5) is 13.2 Å². The number of carbonyl (C=O) groups is 1. The highest BCUT2D eigenvalue weighted by Gasteiger charge is 2.42. The first kappa shape index (κ1) is 15.2. The van der Waals surface area contributed by atoms with Crippen molar-refractivity contribution in [1.82, 2.24) is 0 Å². The van der Waals surface area contributed by atoms with Crippen LogP contribution in [0, 0.1) is 11.3 Å². The molecule has 1 rings (SSSR count). The zero-order valence-electron chi connectivity index (χ0n) is 10.0. The van der Waals surface area contributed by atoms with Crippen molar-refractivity contribution < 1.29 is 27.8 Å². The minimum absolute atomic E-state index is 0.0193. The van der Waals surface area contributed by atoms with E-state index in [0.717, 1.165) is 12.8 Å². The molecule has 1 unspecified atom stereocenters. The molecule has 106 valence electrons. The van der Waals surface area contributed by atoms with Gasteiger partial charge in [0, 0.05) is 13.2 Å². The summed E-state index contributed by atoms with van der Waals surface area (Å²) in [4.78, 5) is 11.2. The second kappa shape index (κ2) is 5.88. The molecule has 0 bridgehead atoms. The Morgan fingerprint density at radius 1 is 1.39 bits per heavy atom. The number of carboxylic acids is 1. The molecular weight excluding hydrogens is 251 g/mol.